The van der Waals surface area contributed by atoms with Gasteiger partial charge in [-0.3, -0.25) is 0 Å². The van der Waals surface area contributed by atoms with Gasteiger partial charge in [0.1, 0.15) is 0 Å². The van der Waals surface area contributed by atoms with E-state index in [1.165, 1.54) is 25.7 Å². The van der Waals surface area contributed by atoms with Crippen LogP contribution in [0.15, 0.2) is 0 Å². The SMILES string of the molecule is CC(C)C12CCC(N)(C1)C2. The zero-order valence-corrected chi connectivity index (χ0v) is 6.98. The second-order valence-corrected chi connectivity index (χ2v) is 4.73. The Kier molecular flexibility index (Phi) is 1.05. The highest BCUT2D eigenvalue weighted by Crippen LogP contribution is 2.63. The van der Waals surface area contributed by atoms with Crippen LogP contribution in [-0.2, 0) is 0 Å². The van der Waals surface area contributed by atoms with Crippen LogP contribution in [0, 0.1) is 11.3 Å². The molecule has 2 bridgehead atoms. The lowest BCUT2D eigenvalue weighted by molar-refractivity contribution is 0.0612. The number of hydrogen-bond donors (Lipinski definition) is 1. The number of fused-ring (bicyclic) bond motifs is 1. The molecule has 0 heterocycles. The van der Waals surface area contributed by atoms with Crippen LogP contribution < -0.4 is 5.73 Å². The van der Waals surface area contributed by atoms with Crippen LogP contribution in [-0.4, -0.2) is 5.54 Å². The van der Waals surface area contributed by atoms with E-state index in [1.54, 1.807) is 0 Å². The Morgan fingerprint density at radius 2 is 1.80 bits per heavy atom. The molecule has 0 aromatic carbocycles. The smallest absolute Gasteiger partial charge is 0.0165 e. The average molecular weight is 139 g/mol. The summed E-state index contributed by atoms with van der Waals surface area (Å²) in [7, 11) is 0. The first kappa shape index (κ1) is 6.66. The number of hydrogen-bond acceptors (Lipinski definition) is 1. The van der Waals surface area contributed by atoms with Gasteiger partial charge in [-0.05, 0) is 37.0 Å². The first-order valence-electron chi connectivity index (χ1n) is 4.35. The van der Waals surface area contributed by atoms with Gasteiger partial charge in [0.05, 0.1) is 0 Å². The van der Waals surface area contributed by atoms with E-state index >= 15 is 0 Å². The Labute approximate surface area is 63.0 Å². The van der Waals surface area contributed by atoms with Crippen molar-refractivity contribution in [2.45, 2.75) is 45.1 Å². The minimum Gasteiger partial charge on any atom is -0.325 e. The standard InChI is InChI=1S/C9H17N/c1-7(2)8-3-4-9(10,5-8)6-8/h7H,3-6,10H2,1-2H3. The maximum atomic E-state index is 6.07. The zero-order valence-electron chi connectivity index (χ0n) is 6.98. The van der Waals surface area contributed by atoms with Gasteiger partial charge in [0.25, 0.3) is 0 Å². The maximum Gasteiger partial charge on any atom is 0.0165 e. The van der Waals surface area contributed by atoms with Gasteiger partial charge in [-0.25, -0.2) is 0 Å². The molecular weight excluding hydrogens is 122 g/mol. The second-order valence-electron chi connectivity index (χ2n) is 4.73. The van der Waals surface area contributed by atoms with E-state index in [9.17, 15) is 0 Å². The van der Waals surface area contributed by atoms with E-state index in [1.807, 2.05) is 0 Å². The van der Waals surface area contributed by atoms with Crippen LogP contribution in [0.3, 0.4) is 0 Å². The van der Waals surface area contributed by atoms with E-state index in [0.29, 0.717) is 5.41 Å². The highest BCUT2D eigenvalue weighted by atomic mass is 14.9. The molecule has 3 fully saturated rings. The number of nitrogens with two attached hydrogens (primary N) is 1. The average Bonchev–Trinajstić information content (AvgIpc) is 2.19. The van der Waals surface area contributed by atoms with Crippen molar-refractivity contribution in [2.24, 2.45) is 17.1 Å². The first-order valence-corrected chi connectivity index (χ1v) is 4.35. The third-order valence-electron chi connectivity index (χ3n) is 3.75. The van der Waals surface area contributed by atoms with E-state index < -0.39 is 0 Å². The molecule has 1 nitrogen and oxygen atoms in total. The van der Waals surface area contributed by atoms with Crippen molar-refractivity contribution >= 4 is 0 Å². The Morgan fingerprint density at radius 3 is 2.00 bits per heavy atom. The Bertz CT molecular complexity index is 154. The molecule has 1 heteroatoms. The van der Waals surface area contributed by atoms with Gasteiger partial charge in [0.15, 0.2) is 0 Å². The van der Waals surface area contributed by atoms with E-state index in [0.717, 1.165) is 5.92 Å². The lowest BCUT2D eigenvalue weighted by atomic mass is 9.60. The first-order chi connectivity index (χ1) is 4.56. The molecule has 0 radical (unpaired) electrons. The van der Waals surface area contributed by atoms with E-state index in [-0.39, 0.29) is 5.54 Å². The fourth-order valence-corrected chi connectivity index (χ4v) is 2.90. The molecule has 3 aliphatic rings. The predicted molar refractivity (Wildman–Crippen MR) is 42.7 cm³/mol. The van der Waals surface area contributed by atoms with Crippen LogP contribution in [0.4, 0.5) is 0 Å². The highest BCUT2D eigenvalue weighted by molar-refractivity contribution is 5.15. The molecule has 3 aliphatic carbocycles. The lowest BCUT2D eigenvalue weighted by Crippen LogP contribution is -2.51. The molecule has 0 saturated heterocycles. The topological polar surface area (TPSA) is 26.0 Å². The van der Waals surface area contributed by atoms with Crippen LogP contribution in [0.2, 0.25) is 0 Å². The van der Waals surface area contributed by atoms with Crippen molar-refractivity contribution in [3.8, 4) is 0 Å². The molecule has 0 spiro atoms. The van der Waals surface area contributed by atoms with Crippen LogP contribution in [0.1, 0.15) is 39.5 Å². The Hall–Kier alpha value is -0.0400. The summed E-state index contributed by atoms with van der Waals surface area (Å²) in [5, 5.41) is 0. The summed E-state index contributed by atoms with van der Waals surface area (Å²) in [5.74, 6) is 0.853. The fraction of sp³-hybridized carbons (Fsp3) is 1.00. The minimum atomic E-state index is 0.282. The van der Waals surface area contributed by atoms with Crippen molar-refractivity contribution in [1.82, 2.24) is 0 Å². The molecule has 0 atom stereocenters. The number of rotatable bonds is 1. The van der Waals surface area contributed by atoms with Gasteiger partial charge >= 0.3 is 0 Å². The summed E-state index contributed by atoms with van der Waals surface area (Å²) < 4.78 is 0. The summed E-state index contributed by atoms with van der Waals surface area (Å²) in [5.41, 5.74) is 7.02. The van der Waals surface area contributed by atoms with Gasteiger partial charge < -0.3 is 5.73 Å². The van der Waals surface area contributed by atoms with Crippen LogP contribution >= 0.6 is 0 Å². The van der Waals surface area contributed by atoms with E-state index in [4.69, 9.17) is 5.73 Å². The molecule has 0 aromatic rings. The van der Waals surface area contributed by atoms with Crippen molar-refractivity contribution in [3.63, 3.8) is 0 Å². The minimum absolute atomic E-state index is 0.282. The van der Waals surface area contributed by atoms with Gasteiger partial charge in [-0.15, -0.1) is 0 Å². The summed E-state index contributed by atoms with van der Waals surface area (Å²) >= 11 is 0. The predicted octanol–water partition coefficient (Wildman–Crippen LogP) is 1.91. The van der Waals surface area contributed by atoms with Crippen molar-refractivity contribution in [2.75, 3.05) is 0 Å². The van der Waals surface area contributed by atoms with Crippen molar-refractivity contribution in [3.05, 3.63) is 0 Å². The Balaban J connectivity index is 2.13. The largest absolute Gasteiger partial charge is 0.325 e. The Morgan fingerprint density at radius 1 is 1.20 bits per heavy atom. The zero-order chi connectivity index (χ0) is 7.41. The fourth-order valence-electron chi connectivity index (χ4n) is 2.90. The summed E-state index contributed by atoms with van der Waals surface area (Å²) in [6.45, 7) is 4.68. The normalized spacial score (nSPS) is 51.6. The van der Waals surface area contributed by atoms with Crippen molar-refractivity contribution < 1.29 is 0 Å². The van der Waals surface area contributed by atoms with Crippen molar-refractivity contribution in [1.29, 1.82) is 0 Å². The molecular formula is C9H17N. The van der Waals surface area contributed by atoms with Gasteiger partial charge in [-0.2, -0.15) is 0 Å². The van der Waals surface area contributed by atoms with Crippen LogP contribution in [0.25, 0.3) is 0 Å². The molecule has 0 unspecified atom stereocenters. The molecule has 2 N–H and O–H groups in total. The molecule has 0 aliphatic heterocycles. The summed E-state index contributed by atoms with van der Waals surface area (Å²) in [6, 6.07) is 0. The third kappa shape index (κ3) is 0.619. The molecule has 3 saturated carbocycles. The maximum absolute atomic E-state index is 6.07. The molecule has 0 aromatic heterocycles. The van der Waals surface area contributed by atoms with E-state index in [2.05, 4.69) is 13.8 Å². The van der Waals surface area contributed by atoms with Gasteiger partial charge in [-0.1, -0.05) is 13.8 Å². The quantitative estimate of drug-likeness (QED) is 0.590. The van der Waals surface area contributed by atoms with Gasteiger partial charge in [0, 0.05) is 5.54 Å². The lowest BCUT2D eigenvalue weighted by Gasteiger charge is -2.48. The summed E-state index contributed by atoms with van der Waals surface area (Å²) in [4.78, 5) is 0. The highest BCUT2D eigenvalue weighted by Gasteiger charge is 2.59. The van der Waals surface area contributed by atoms with Crippen LogP contribution in [0.5, 0.6) is 0 Å². The molecule has 58 valence electrons. The molecule has 10 heavy (non-hydrogen) atoms. The monoisotopic (exact) mass is 139 g/mol. The molecule has 3 rings (SSSR count). The second kappa shape index (κ2) is 1.58. The third-order valence-corrected chi connectivity index (χ3v) is 3.75. The van der Waals surface area contributed by atoms with Gasteiger partial charge in [0.2, 0.25) is 0 Å². The molecule has 0 amide bonds. The summed E-state index contributed by atoms with van der Waals surface area (Å²) in [6.07, 6.45) is 5.28.